The number of rotatable bonds is 15. The molecule has 0 radical (unpaired) electrons. The number of amides is 3. The summed E-state index contributed by atoms with van der Waals surface area (Å²) in [6.45, 7) is 3.23. The van der Waals surface area contributed by atoms with Crippen LogP contribution < -0.4 is 21.7 Å². The molecule has 1 aromatic rings. The fourth-order valence-corrected chi connectivity index (χ4v) is 3.19. The summed E-state index contributed by atoms with van der Waals surface area (Å²) in [5, 5.41) is 34.2. The molecule has 8 N–H and O–H groups in total. The Morgan fingerprint density at radius 3 is 1.89 bits per heavy atom. The molecular formula is C23H32N4O9. The van der Waals surface area contributed by atoms with E-state index in [0.29, 0.717) is 5.56 Å². The van der Waals surface area contributed by atoms with Crippen molar-refractivity contribution in [1.82, 2.24) is 16.0 Å². The third-order valence-electron chi connectivity index (χ3n) is 5.16. The number of carbonyl (C=O) groups is 6. The van der Waals surface area contributed by atoms with Crippen LogP contribution in [0.1, 0.15) is 38.7 Å². The maximum atomic E-state index is 13.0. The Morgan fingerprint density at radius 1 is 0.806 bits per heavy atom. The lowest BCUT2D eigenvalue weighted by molar-refractivity contribution is -0.143. The first-order chi connectivity index (χ1) is 16.8. The van der Waals surface area contributed by atoms with E-state index in [2.05, 4.69) is 16.0 Å². The van der Waals surface area contributed by atoms with Crippen LogP contribution in [0.2, 0.25) is 0 Å². The number of benzene rings is 1. The summed E-state index contributed by atoms with van der Waals surface area (Å²) in [5.41, 5.74) is 6.21. The molecule has 0 aliphatic rings. The summed E-state index contributed by atoms with van der Waals surface area (Å²) < 4.78 is 0. The zero-order valence-corrected chi connectivity index (χ0v) is 20.0. The summed E-state index contributed by atoms with van der Waals surface area (Å²) in [4.78, 5) is 71.5. The van der Waals surface area contributed by atoms with Gasteiger partial charge in [0.2, 0.25) is 17.7 Å². The van der Waals surface area contributed by atoms with Crippen molar-refractivity contribution in [1.29, 1.82) is 0 Å². The number of nitrogens with one attached hydrogen (secondary N) is 3. The molecule has 0 aliphatic carbocycles. The second-order valence-electron chi connectivity index (χ2n) is 8.52. The SMILES string of the molecule is CC(C)C(NC(=O)C(N)CC(=O)O)C(=O)NC(Cc1ccccc1)C(=O)NC(CCC(=O)O)C(=O)O. The van der Waals surface area contributed by atoms with E-state index in [1.54, 1.807) is 44.2 Å². The van der Waals surface area contributed by atoms with Gasteiger partial charge >= 0.3 is 17.9 Å². The highest BCUT2D eigenvalue weighted by molar-refractivity contribution is 5.95. The molecule has 36 heavy (non-hydrogen) atoms. The van der Waals surface area contributed by atoms with E-state index in [9.17, 15) is 33.9 Å². The quantitative estimate of drug-likeness (QED) is 0.154. The third kappa shape index (κ3) is 10.5. The standard InChI is InChI=1S/C23H32N4O9/c1-12(2)19(27-20(32)14(24)11-18(30)31)22(34)26-16(10-13-6-4-3-5-7-13)21(33)25-15(23(35)36)8-9-17(28)29/h3-7,12,14-16,19H,8-11,24H2,1-2H3,(H,25,33)(H,26,34)(H,27,32)(H,28,29)(H,30,31)(H,35,36). The van der Waals surface area contributed by atoms with E-state index in [4.69, 9.17) is 15.9 Å². The molecule has 198 valence electrons. The van der Waals surface area contributed by atoms with Crippen LogP contribution in [0.3, 0.4) is 0 Å². The monoisotopic (exact) mass is 508 g/mol. The van der Waals surface area contributed by atoms with Crippen molar-refractivity contribution >= 4 is 35.6 Å². The minimum absolute atomic E-state index is 0.0268. The van der Waals surface area contributed by atoms with Crippen LogP contribution in [0.4, 0.5) is 0 Å². The molecule has 0 spiro atoms. The molecule has 0 aromatic heterocycles. The normalized spacial score (nSPS) is 14.1. The van der Waals surface area contributed by atoms with Gasteiger partial charge in [-0.05, 0) is 17.9 Å². The predicted octanol–water partition coefficient (Wildman–Crippen LogP) is -0.909. The molecule has 0 bridgehead atoms. The lowest BCUT2D eigenvalue weighted by Gasteiger charge is -2.27. The molecule has 13 nitrogen and oxygen atoms in total. The molecule has 0 saturated heterocycles. The van der Waals surface area contributed by atoms with E-state index in [0.717, 1.165) is 0 Å². The molecule has 13 heteroatoms. The predicted molar refractivity (Wildman–Crippen MR) is 126 cm³/mol. The number of carboxylic acids is 3. The van der Waals surface area contributed by atoms with Gasteiger partial charge in [0.15, 0.2) is 0 Å². The van der Waals surface area contributed by atoms with E-state index in [1.165, 1.54) is 0 Å². The maximum absolute atomic E-state index is 13.0. The van der Waals surface area contributed by atoms with Gasteiger partial charge < -0.3 is 37.0 Å². The van der Waals surface area contributed by atoms with Gasteiger partial charge in [-0.25, -0.2) is 4.79 Å². The average molecular weight is 509 g/mol. The van der Waals surface area contributed by atoms with Gasteiger partial charge in [-0.2, -0.15) is 0 Å². The van der Waals surface area contributed by atoms with Gasteiger partial charge in [0.25, 0.3) is 0 Å². The first kappa shape index (κ1) is 30.0. The maximum Gasteiger partial charge on any atom is 0.326 e. The van der Waals surface area contributed by atoms with Crippen molar-refractivity contribution in [3.8, 4) is 0 Å². The largest absolute Gasteiger partial charge is 0.481 e. The highest BCUT2D eigenvalue weighted by Crippen LogP contribution is 2.08. The first-order valence-electron chi connectivity index (χ1n) is 11.2. The number of hydrogen-bond donors (Lipinski definition) is 7. The van der Waals surface area contributed by atoms with Crippen LogP contribution in [0.5, 0.6) is 0 Å². The van der Waals surface area contributed by atoms with Gasteiger partial charge in [0.1, 0.15) is 18.1 Å². The van der Waals surface area contributed by atoms with Crippen molar-refractivity contribution in [2.75, 3.05) is 0 Å². The van der Waals surface area contributed by atoms with Crippen LogP contribution in [-0.2, 0) is 35.2 Å². The summed E-state index contributed by atoms with van der Waals surface area (Å²) >= 11 is 0. The minimum atomic E-state index is -1.50. The smallest absolute Gasteiger partial charge is 0.326 e. The van der Waals surface area contributed by atoms with Gasteiger partial charge in [0.05, 0.1) is 12.5 Å². The lowest BCUT2D eigenvalue weighted by atomic mass is 10.00. The zero-order chi connectivity index (χ0) is 27.4. The molecule has 0 fully saturated rings. The number of aliphatic carboxylic acids is 3. The molecule has 0 heterocycles. The zero-order valence-electron chi connectivity index (χ0n) is 20.0. The van der Waals surface area contributed by atoms with Gasteiger partial charge in [-0.15, -0.1) is 0 Å². The van der Waals surface area contributed by atoms with Gasteiger partial charge in [-0.1, -0.05) is 44.2 Å². The Balaban J connectivity index is 3.09. The minimum Gasteiger partial charge on any atom is -0.481 e. The third-order valence-corrected chi connectivity index (χ3v) is 5.16. The van der Waals surface area contributed by atoms with E-state index < -0.39 is 78.6 Å². The van der Waals surface area contributed by atoms with Crippen molar-refractivity contribution in [3.63, 3.8) is 0 Å². The summed E-state index contributed by atoms with van der Waals surface area (Å²) in [5.74, 6) is -6.94. The molecule has 1 rings (SSSR count). The van der Waals surface area contributed by atoms with Crippen molar-refractivity contribution in [2.24, 2.45) is 11.7 Å². The first-order valence-corrected chi connectivity index (χ1v) is 11.2. The van der Waals surface area contributed by atoms with Crippen molar-refractivity contribution in [3.05, 3.63) is 35.9 Å². The van der Waals surface area contributed by atoms with E-state index >= 15 is 0 Å². The van der Waals surface area contributed by atoms with Crippen LogP contribution in [0, 0.1) is 5.92 Å². The Morgan fingerprint density at radius 2 is 1.39 bits per heavy atom. The van der Waals surface area contributed by atoms with Crippen molar-refractivity contribution in [2.45, 2.75) is 63.7 Å². The number of nitrogens with two attached hydrogens (primary N) is 1. The Labute approximate surface area is 207 Å². The van der Waals surface area contributed by atoms with Gasteiger partial charge in [0, 0.05) is 12.8 Å². The molecule has 1 aromatic carbocycles. The van der Waals surface area contributed by atoms with Crippen molar-refractivity contribution < 1.29 is 44.1 Å². The summed E-state index contributed by atoms with van der Waals surface area (Å²) in [7, 11) is 0. The Hall–Kier alpha value is -4.00. The molecule has 0 aliphatic heterocycles. The average Bonchev–Trinajstić information content (AvgIpc) is 2.78. The van der Waals surface area contributed by atoms with Crippen LogP contribution >= 0.6 is 0 Å². The fourth-order valence-electron chi connectivity index (χ4n) is 3.19. The summed E-state index contributed by atoms with van der Waals surface area (Å²) in [6, 6.07) is 3.21. The number of hydrogen-bond acceptors (Lipinski definition) is 7. The number of carboxylic acid groups (broad SMARTS) is 3. The highest BCUT2D eigenvalue weighted by Gasteiger charge is 2.32. The molecule has 0 saturated carbocycles. The second-order valence-corrected chi connectivity index (χ2v) is 8.52. The van der Waals surface area contributed by atoms with E-state index in [1.807, 2.05) is 0 Å². The molecule has 4 unspecified atom stereocenters. The number of carbonyl (C=O) groups excluding carboxylic acids is 3. The Kier molecular flexibility index (Phi) is 12.0. The van der Waals surface area contributed by atoms with Crippen LogP contribution in [-0.4, -0.2) is 75.1 Å². The lowest BCUT2D eigenvalue weighted by Crippen LogP contribution is -2.59. The van der Waals surface area contributed by atoms with Crippen LogP contribution in [0.15, 0.2) is 30.3 Å². The second kappa shape index (κ2) is 14.4. The molecule has 3 amide bonds. The molecular weight excluding hydrogens is 476 g/mol. The van der Waals surface area contributed by atoms with Crippen LogP contribution in [0.25, 0.3) is 0 Å². The van der Waals surface area contributed by atoms with E-state index in [-0.39, 0.29) is 12.8 Å². The molecule has 4 atom stereocenters. The topological polar surface area (TPSA) is 225 Å². The Bertz CT molecular complexity index is 952. The van der Waals surface area contributed by atoms with Gasteiger partial charge in [-0.3, -0.25) is 24.0 Å². The summed E-state index contributed by atoms with van der Waals surface area (Å²) in [6.07, 6.45) is -1.54. The highest BCUT2D eigenvalue weighted by atomic mass is 16.4. The fraction of sp³-hybridized carbons (Fsp3) is 0.478.